The summed E-state index contributed by atoms with van der Waals surface area (Å²) in [5.74, 6) is -0.921. The third kappa shape index (κ3) is 5.16. The van der Waals surface area contributed by atoms with E-state index >= 15 is 0 Å². The van der Waals surface area contributed by atoms with E-state index in [9.17, 15) is 9.59 Å². The zero-order valence-corrected chi connectivity index (χ0v) is 14.9. The van der Waals surface area contributed by atoms with Crippen molar-refractivity contribution < 1.29 is 14.7 Å². The van der Waals surface area contributed by atoms with Crippen molar-refractivity contribution in [3.8, 4) is 0 Å². The van der Waals surface area contributed by atoms with Crippen LogP contribution in [-0.2, 0) is 13.1 Å². The Morgan fingerprint density at radius 1 is 0.920 bits per heavy atom. The third-order valence-electron chi connectivity index (χ3n) is 4.04. The first-order valence-electron chi connectivity index (χ1n) is 8.26. The smallest absolute Gasteiger partial charge is 0.335 e. The highest BCUT2D eigenvalue weighted by Crippen LogP contribution is 2.13. The Balaban J connectivity index is 2.05. The minimum absolute atomic E-state index is 0.00983. The molecule has 5 nitrogen and oxygen atoms in total. The molecule has 0 aliphatic carbocycles. The number of nitrogens with zero attached hydrogens (tertiary/aromatic N) is 2. The van der Waals surface area contributed by atoms with Gasteiger partial charge in [-0.15, -0.1) is 0 Å². The van der Waals surface area contributed by atoms with Gasteiger partial charge in [0.25, 0.3) is 5.91 Å². The van der Waals surface area contributed by atoms with E-state index in [0.29, 0.717) is 17.7 Å². The molecule has 132 valence electrons. The Morgan fingerprint density at radius 2 is 1.56 bits per heavy atom. The van der Waals surface area contributed by atoms with Crippen LogP contribution in [0.3, 0.4) is 0 Å². The lowest BCUT2D eigenvalue weighted by atomic mass is 10.1. The molecule has 0 heterocycles. The van der Waals surface area contributed by atoms with Gasteiger partial charge in [0.1, 0.15) is 0 Å². The molecule has 0 saturated carbocycles. The van der Waals surface area contributed by atoms with Crippen LogP contribution in [0.1, 0.15) is 38.8 Å². The van der Waals surface area contributed by atoms with E-state index in [1.807, 2.05) is 30.3 Å². The molecule has 0 spiro atoms. The fraction of sp³-hybridized carbons (Fsp3) is 0.300. The number of aromatic carboxylic acids is 1. The topological polar surface area (TPSA) is 60.9 Å². The molecule has 0 radical (unpaired) electrons. The van der Waals surface area contributed by atoms with Crippen LogP contribution in [0, 0.1) is 0 Å². The summed E-state index contributed by atoms with van der Waals surface area (Å²) in [4.78, 5) is 26.8. The van der Waals surface area contributed by atoms with Gasteiger partial charge in [0.2, 0.25) is 0 Å². The van der Waals surface area contributed by atoms with E-state index in [4.69, 9.17) is 5.11 Å². The SMILES string of the molecule is CCN(Cc1ccc(C(=O)N(C)C)cc1)Cc1cccc(C(=O)O)c1. The summed E-state index contributed by atoms with van der Waals surface area (Å²) >= 11 is 0. The Kier molecular flexibility index (Phi) is 6.31. The average molecular weight is 340 g/mol. The van der Waals surface area contributed by atoms with Gasteiger partial charge in [-0.05, 0) is 41.9 Å². The average Bonchev–Trinajstić information content (AvgIpc) is 2.61. The number of benzene rings is 2. The van der Waals surface area contributed by atoms with Gasteiger partial charge in [0.05, 0.1) is 5.56 Å². The zero-order valence-electron chi connectivity index (χ0n) is 14.9. The second kappa shape index (κ2) is 8.44. The first-order valence-corrected chi connectivity index (χ1v) is 8.26. The lowest BCUT2D eigenvalue weighted by molar-refractivity contribution is 0.0696. The van der Waals surface area contributed by atoms with Crippen molar-refractivity contribution in [1.82, 2.24) is 9.80 Å². The molecule has 0 unspecified atom stereocenters. The maximum atomic E-state index is 11.9. The van der Waals surface area contributed by atoms with E-state index in [1.54, 1.807) is 37.2 Å². The zero-order chi connectivity index (χ0) is 18.4. The molecular formula is C20H24N2O3. The van der Waals surface area contributed by atoms with Crippen LogP contribution in [0.2, 0.25) is 0 Å². The van der Waals surface area contributed by atoms with Gasteiger partial charge in [0, 0.05) is 32.7 Å². The minimum atomic E-state index is -0.911. The first kappa shape index (κ1) is 18.7. The van der Waals surface area contributed by atoms with Crippen LogP contribution in [0.25, 0.3) is 0 Å². The highest BCUT2D eigenvalue weighted by Gasteiger charge is 2.10. The van der Waals surface area contributed by atoms with Crippen molar-refractivity contribution in [2.24, 2.45) is 0 Å². The summed E-state index contributed by atoms with van der Waals surface area (Å²) < 4.78 is 0. The van der Waals surface area contributed by atoms with Gasteiger partial charge in [-0.1, -0.05) is 31.2 Å². The Hall–Kier alpha value is -2.66. The number of carbonyl (C=O) groups excluding carboxylic acids is 1. The van der Waals surface area contributed by atoms with Gasteiger partial charge in [0.15, 0.2) is 0 Å². The monoisotopic (exact) mass is 340 g/mol. The van der Waals surface area contributed by atoms with Crippen LogP contribution < -0.4 is 0 Å². The van der Waals surface area contributed by atoms with Crippen LogP contribution >= 0.6 is 0 Å². The molecular weight excluding hydrogens is 316 g/mol. The second-order valence-electron chi connectivity index (χ2n) is 6.21. The van der Waals surface area contributed by atoms with Gasteiger partial charge >= 0.3 is 5.97 Å². The van der Waals surface area contributed by atoms with Crippen molar-refractivity contribution in [3.63, 3.8) is 0 Å². The number of hydrogen-bond donors (Lipinski definition) is 1. The maximum Gasteiger partial charge on any atom is 0.335 e. The molecule has 1 N–H and O–H groups in total. The standard InChI is InChI=1S/C20H24N2O3/c1-4-22(14-16-6-5-7-18(12-16)20(24)25)13-15-8-10-17(11-9-15)19(23)21(2)3/h5-12H,4,13-14H2,1-3H3,(H,24,25). The van der Waals surface area contributed by atoms with E-state index in [2.05, 4.69) is 11.8 Å². The minimum Gasteiger partial charge on any atom is -0.478 e. The second-order valence-corrected chi connectivity index (χ2v) is 6.21. The summed E-state index contributed by atoms with van der Waals surface area (Å²) in [7, 11) is 3.47. The van der Waals surface area contributed by atoms with Gasteiger partial charge < -0.3 is 10.0 Å². The van der Waals surface area contributed by atoms with Crippen molar-refractivity contribution in [3.05, 3.63) is 70.8 Å². The number of carboxylic acids is 1. The predicted octanol–water partition coefficient (Wildman–Crippen LogP) is 3.11. The molecule has 2 aromatic carbocycles. The molecule has 0 aromatic heterocycles. The molecule has 0 bridgehead atoms. The van der Waals surface area contributed by atoms with Gasteiger partial charge in [-0.2, -0.15) is 0 Å². The van der Waals surface area contributed by atoms with Crippen LogP contribution in [0.5, 0.6) is 0 Å². The highest BCUT2D eigenvalue weighted by atomic mass is 16.4. The molecule has 0 fully saturated rings. The Bertz CT molecular complexity index is 739. The van der Waals surface area contributed by atoms with Crippen molar-refractivity contribution in [2.45, 2.75) is 20.0 Å². The summed E-state index contributed by atoms with van der Waals surface area (Å²) in [6, 6.07) is 14.6. The first-order chi connectivity index (χ1) is 11.9. The summed E-state index contributed by atoms with van der Waals surface area (Å²) in [5.41, 5.74) is 3.07. The number of hydrogen-bond acceptors (Lipinski definition) is 3. The third-order valence-corrected chi connectivity index (χ3v) is 4.04. The Labute approximate surface area is 148 Å². The van der Waals surface area contributed by atoms with Crippen molar-refractivity contribution >= 4 is 11.9 Å². The number of carbonyl (C=O) groups is 2. The van der Waals surface area contributed by atoms with E-state index in [0.717, 1.165) is 24.2 Å². The largest absolute Gasteiger partial charge is 0.478 e. The molecule has 0 saturated heterocycles. The van der Waals surface area contributed by atoms with Gasteiger partial charge in [-0.3, -0.25) is 9.69 Å². The molecule has 2 rings (SSSR count). The number of carboxylic acid groups (broad SMARTS) is 1. The van der Waals surface area contributed by atoms with Crippen LogP contribution in [0.15, 0.2) is 48.5 Å². The van der Waals surface area contributed by atoms with E-state index < -0.39 is 5.97 Å². The molecule has 25 heavy (non-hydrogen) atoms. The maximum absolute atomic E-state index is 11.9. The lowest BCUT2D eigenvalue weighted by Crippen LogP contribution is -2.23. The van der Waals surface area contributed by atoms with Crippen LogP contribution in [0.4, 0.5) is 0 Å². The summed E-state index contributed by atoms with van der Waals surface area (Å²) in [6.45, 7) is 4.33. The summed E-state index contributed by atoms with van der Waals surface area (Å²) in [5, 5.41) is 9.10. The van der Waals surface area contributed by atoms with E-state index in [1.165, 1.54) is 0 Å². The summed E-state index contributed by atoms with van der Waals surface area (Å²) in [6.07, 6.45) is 0. The molecule has 5 heteroatoms. The highest BCUT2D eigenvalue weighted by molar-refractivity contribution is 5.93. The van der Waals surface area contributed by atoms with Crippen molar-refractivity contribution in [2.75, 3.05) is 20.6 Å². The molecule has 2 aromatic rings. The Morgan fingerprint density at radius 3 is 2.12 bits per heavy atom. The van der Waals surface area contributed by atoms with E-state index in [-0.39, 0.29) is 5.91 Å². The normalized spacial score (nSPS) is 10.7. The number of rotatable bonds is 7. The molecule has 1 amide bonds. The predicted molar refractivity (Wildman–Crippen MR) is 97.6 cm³/mol. The lowest BCUT2D eigenvalue weighted by Gasteiger charge is -2.21. The number of amides is 1. The molecule has 0 aliphatic rings. The fourth-order valence-corrected chi connectivity index (χ4v) is 2.61. The van der Waals surface area contributed by atoms with Gasteiger partial charge in [-0.25, -0.2) is 4.79 Å². The molecule has 0 atom stereocenters. The quantitative estimate of drug-likeness (QED) is 0.841. The van der Waals surface area contributed by atoms with Crippen LogP contribution in [-0.4, -0.2) is 47.4 Å². The van der Waals surface area contributed by atoms with Crippen molar-refractivity contribution in [1.29, 1.82) is 0 Å². The molecule has 0 aliphatic heterocycles. The fourth-order valence-electron chi connectivity index (χ4n) is 2.61.